The lowest BCUT2D eigenvalue weighted by atomic mass is 9.94. The molecule has 16 heavy (non-hydrogen) atoms. The van der Waals surface area contributed by atoms with Gasteiger partial charge < -0.3 is 4.74 Å². The molecule has 1 aliphatic rings. The molecule has 0 N–H and O–H groups in total. The monoisotopic (exact) mass is 228 g/mol. The van der Waals surface area contributed by atoms with Gasteiger partial charge in [-0.15, -0.1) is 0 Å². The van der Waals surface area contributed by atoms with Gasteiger partial charge in [-0.3, -0.25) is 0 Å². The van der Waals surface area contributed by atoms with Crippen LogP contribution in [0.2, 0.25) is 0 Å². The third-order valence-electron chi connectivity index (χ3n) is 2.61. The molecule has 0 saturated carbocycles. The Morgan fingerprint density at radius 1 is 1.50 bits per heavy atom. The third kappa shape index (κ3) is 2.18. The van der Waals surface area contributed by atoms with Crippen molar-refractivity contribution in [3.63, 3.8) is 0 Å². The molecule has 3 heteroatoms. The fraction of sp³-hybridized carbons (Fsp3) is 0.538. The Kier molecular flexibility index (Phi) is 3.56. The van der Waals surface area contributed by atoms with Crippen LogP contribution < -0.4 is 0 Å². The number of rotatable bonds is 3. The molecule has 0 spiro atoms. The highest BCUT2D eigenvalue weighted by Crippen LogP contribution is 2.42. The molecule has 1 rings (SSSR count). The van der Waals surface area contributed by atoms with Crippen LogP contribution in [-0.2, 0) is 4.74 Å². The van der Waals surface area contributed by atoms with Crippen molar-refractivity contribution in [2.45, 2.75) is 33.6 Å². The Balaban J connectivity index is 3.29. The lowest BCUT2D eigenvalue weighted by Crippen LogP contribution is -2.20. The van der Waals surface area contributed by atoms with Gasteiger partial charge in [-0.1, -0.05) is 26.5 Å². The topological polar surface area (TPSA) is 9.23 Å². The summed E-state index contributed by atoms with van der Waals surface area (Å²) in [4.78, 5) is 0. The number of alkyl halides is 2. The van der Waals surface area contributed by atoms with Crippen LogP contribution in [0.25, 0.3) is 0 Å². The van der Waals surface area contributed by atoms with Gasteiger partial charge in [0.1, 0.15) is 5.76 Å². The number of ether oxygens (including phenoxy) is 1. The van der Waals surface area contributed by atoms with Crippen LogP contribution in [-0.4, -0.2) is 12.5 Å². The molecular formula is C13H18F2O. The summed E-state index contributed by atoms with van der Waals surface area (Å²) in [6, 6.07) is 0. The van der Waals surface area contributed by atoms with Crippen molar-refractivity contribution in [1.82, 2.24) is 0 Å². The van der Waals surface area contributed by atoms with Gasteiger partial charge >= 0.3 is 5.92 Å². The van der Waals surface area contributed by atoms with Crippen molar-refractivity contribution in [1.29, 1.82) is 0 Å². The molecule has 1 aliphatic heterocycles. The van der Waals surface area contributed by atoms with Crippen LogP contribution in [0.5, 0.6) is 0 Å². The average molecular weight is 228 g/mol. The molecule has 1 heterocycles. The van der Waals surface area contributed by atoms with E-state index in [2.05, 4.69) is 6.58 Å². The summed E-state index contributed by atoms with van der Waals surface area (Å²) >= 11 is 0. The molecule has 1 nitrogen and oxygen atoms in total. The first-order chi connectivity index (χ1) is 7.31. The molecule has 0 bridgehead atoms. The molecule has 0 radical (unpaired) electrons. The molecule has 0 aliphatic carbocycles. The summed E-state index contributed by atoms with van der Waals surface area (Å²) in [5.41, 5.74) is 1.14. The number of hydrogen-bond acceptors (Lipinski definition) is 1. The van der Waals surface area contributed by atoms with E-state index in [1.54, 1.807) is 6.92 Å². The molecule has 0 fully saturated rings. The summed E-state index contributed by atoms with van der Waals surface area (Å²) in [6.45, 7) is 10.4. The predicted octanol–water partition coefficient (Wildman–Crippen LogP) is 4.08. The Morgan fingerprint density at radius 3 is 2.44 bits per heavy atom. The van der Waals surface area contributed by atoms with Crippen molar-refractivity contribution in [3.05, 3.63) is 35.1 Å². The first-order valence-electron chi connectivity index (χ1n) is 5.39. The summed E-state index contributed by atoms with van der Waals surface area (Å²) in [5.74, 6) is -2.44. The third-order valence-corrected chi connectivity index (χ3v) is 2.61. The quantitative estimate of drug-likeness (QED) is 0.707. The molecule has 0 aromatic heterocycles. The van der Waals surface area contributed by atoms with E-state index in [-0.39, 0.29) is 11.5 Å². The Bertz CT molecular complexity index is 362. The van der Waals surface area contributed by atoms with Gasteiger partial charge in [0.05, 0.1) is 5.57 Å². The van der Waals surface area contributed by atoms with Gasteiger partial charge in [-0.05, 0) is 30.9 Å². The second-order valence-electron chi connectivity index (χ2n) is 4.38. The summed E-state index contributed by atoms with van der Waals surface area (Å²) < 4.78 is 32.4. The summed E-state index contributed by atoms with van der Waals surface area (Å²) in [7, 11) is 0. The van der Waals surface area contributed by atoms with Crippen LogP contribution >= 0.6 is 0 Å². The minimum absolute atomic E-state index is 0.0469. The Hall–Kier alpha value is -1.12. The zero-order valence-corrected chi connectivity index (χ0v) is 10.2. The van der Waals surface area contributed by atoms with E-state index in [4.69, 9.17) is 4.74 Å². The lowest BCUT2D eigenvalue weighted by molar-refractivity contribution is 0.00538. The molecule has 0 aromatic carbocycles. The fourth-order valence-corrected chi connectivity index (χ4v) is 1.93. The van der Waals surface area contributed by atoms with Crippen molar-refractivity contribution in [3.8, 4) is 0 Å². The van der Waals surface area contributed by atoms with E-state index in [1.807, 2.05) is 26.8 Å². The molecule has 0 aromatic rings. The molecule has 0 saturated heterocycles. The van der Waals surface area contributed by atoms with Crippen LogP contribution in [0.15, 0.2) is 35.1 Å². The van der Waals surface area contributed by atoms with E-state index in [9.17, 15) is 8.78 Å². The first-order valence-corrected chi connectivity index (χ1v) is 5.39. The molecule has 90 valence electrons. The van der Waals surface area contributed by atoms with E-state index < -0.39 is 12.5 Å². The average Bonchev–Trinajstić information content (AvgIpc) is 2.42. The van der Waals surface area contributed by atoms with E-state index in [1.165, 1.54) is 0 Å². The second kappa shape index (κ2) is 4.40. The van der Waals surface area contributed by atoms with Crippen LogP contribution in [0.3, 0.4) is 0 Å². The van der Waals surface area contributed by atoms with Gasteiger partial charge in [0.15, 0.2) is 6.61 Å². The van der Waals surface area contributed by atoms with Crippen molar-refractivity contribution in [2.75, 3.05) is 6.61 Å². The highest BCUT2D eigenvalue weighted by molar-refractivity contribution is 5.46. The van der Waals surface area contributed by atoms with Crippen molar-refractivity contribution >= 4 is 0 Å². The maximum Gasteiger partial charge on any atom is 0.310 e. The molecule has 0 amide bonds. The van der Waals surface area contributed by atoms with E-state index in [0.29, 0.717) is 11.3 Å². The number of halogens is 2. The number of hydrogen-bond donors (Lipinski definition) is 0. The summed E-state index contributed by atoms with van der Waals surface area (Å²) in [5, 5.41) is 0. The molecule has 0 atom stereocenters. The van der Waals surface area contributed by atoms with Crippen molar-refractivity contribution in [2.24, 2.45) is 5.92 Å². The Morgan fingerprint density at radius 2 is 2.06 bits per heavy atom. The normalized spacial score (nSPS) is 20.3. The summed E-state index contributed by atoms with van der Waals surface area (Å²) in [6.07, 6.45) is 1.82. The van der Waals surface area contributed by atoms with Crippen LogP contribution in [0.1, 0.15) is 27.7 Å². The van der Waals surface area contributed by atoms with Gasteiger partial charge in [-0.25, -0.2) is 0 Å². The van der Waals surface area contributed by atoms with Crippen LogP contribution in [0, 0.1) is 5.92 Å². The fourth-order valence-electron chi connectivity index (χ4n) is 1.93. The van der Waals surface area contributed by atoms with Crippen LogP contribution in [0.4, 0.5) is 8.78 Å². The smallest absolute Gasteiger partial charge is 0.310 e. The van der Waals surface area contributed by atoms with E-state index in [0.717, 1.165) is 5.57 Å². The molecule has 0 unspecified atom stereocenters. The largest absolute Gasteiger partial charge is 0.486 e. The van der Waals surface area contributed by atoms with Gasteiger partial charge in [-0.2, -0.15) is 8.78 Å². The SMILES string of the molecule is C=C(C)C1=C(C(=CC)C(C)C)OCC1(F)F. The highest BCUT2D eigenvalue weighted by Gasteiger charge is 2.45. The van der Waals surface area contributed by atoms with Gasteiger partial charge in [0.2, 0.25) is 0 Å². The maximum absolute atomic E-state index is 13.6. The zero-order chi connectivity index (χ0) is 12.5. The Labute approximate surface area is 95.5 Å². The minimum Gasteiger partial charge on any atom is -0.486 e. The predicted molar refractivity (Wildman–Crippen MR) is 61.3 cm³/mol. The second-order valence-corrected chi connectivity index (χ2v) is 4.38. The van der Waals surface area contributed by atoms with Crippen molar-refractivity contribution < 1.29 is 13.5 Å². The maximum atomic E-state index is 13.6. The van der Waals surface area contributed by atoms with Gasteiger partial charge in [0.25, 0.3) is 0 Å². The lowest BCUT2D eigenvalue weighted by Gasteiger charge is -2.14. The minimum atomic E-state index is -2.91. The van der Waals surface area contributed by atoms with E-state index >= 15 is 0 Å². The zero-order valence-electron chi connectivity index (χ0n) is 10.2. The number of allylic oxidation sites excluding steroid dienone is 3. The van der Waals surface area contributed by atoms with Gasteiger partial charge in [0, 0.05) is 0 Å². The standard InChI is InChI=1S/C13H18F2O/c1-6-10(8(2)3)12-11(9(4)5)13(14,15)7-16-12/h6,8H,4,7H2,1-3,5H3. The first kappa shape index (κ1) is 12.9. The highest BCUT2D eigenvalue weighted by atomic mass is 19.3. The molecular weight excluding hydrogens is 210 g/mol.